The number of ketones is 1. The van der Waals surface area contributed by atoms with Gasteiger partial charge in [-0.3, -0.25) is 4.79 Å². The molecule has 1 aromatic carbocycles. The van der Waals surface area contributed by atoms with Gasteiger partial charge in [-0.05, 0) is 25.5 Å². The summed E-state index contributed by atoms with van der Waals surface area (Å²) in [5, 5.41) is 0. The molecule has 1 rings (SSSR count). The van der Waals surface area contributed by atoms with Gasteiger partial charge < -0.3 is 4.74 Å². The van der Waals surface area contributed by atoms with Crippen molar-refractivity contribution in [3.05, 3.63) is 29.3 Å². The first-order chi connectivity index (χ1) is 7.13. The smallest absolute Gasteiger partial charge is 0.150 e. The van der Waals surface area contributed by atoms with Crippen LogP contribution in [0.3, 0.4) is 0 Å². The van der Waals surface area contributed by atoms with Crippen LogP contribution >= 0.6 is 11.6 Å². The normalized spacial score (nSPS) is 10.1. The molecule has 15 heavy (non-hydrogen) atoms. The molecule has 0 radical (unpaired) electrons. The molecule has 0 amide bonds. The molecule has 0 heterocycles. The molecule has 0 saturated heterocycles. The lowest BCUT2D eigenvalue weighted by Crippen LogP contribution is -2.07. The van der Waals surface area contributed by atoms with Crippen LogP contribution in [0.5, 0.6) is 5.75 Å². The van der Waals surface area contributed by atoms with E-state index < -0.39 is 0 Å². The van der Waals surface area contributed by atoms with E-state index in [0.29, 0.717) is 13.0 Å². The van der Waals surface area contributed by atoms with E-state index in [0.717, 1.165) is 11.3 Å². The van der Waals surface area contributed by atoms with Gasteiger partial charge in [0.05, 0.1) is 12.5 Å². The molecule has 0 saturated carbocycles. The van der Waals surface area contributed by atoms with Gasteiger partial charge in [0.25, 0.3) is 0 Å². The largest absolute Gasteiger partial charge is 0.493 e. The van der Waals surface area contributed by atoms with Gasteiger partial charge in [0.1, 0.15) is 5.75 Å². The Morgan fingerprint density at radius 3 is 2.73 bits per heavy atom. The Morgan fingerprint density at radius 1 is 1.40 bits per heavy atom. The maximum atomic E-state index is 10.9. The topological polar surface area (TPSA) is 26.3 Å². The summed E-state index contributed by atoms with van der Waals surface area (Å²) in [6, 6.07) is 5.97. The number of alkyl halides is 1. The molecule has 1 aromatic rings. The van der Waals surface area contributed by atoms with Gasteiger partial charge in [-0.15, -0.1) is 11.6 Å². The molecule has 3 heteroatoms. The summed E-state index contributed by atoms with van der Waals surface area (Å²) in [4.78, 5) is 10.9. The second kappa shape index (κ2) is 5.76. The van der Waals surface area contributed by atoms with Gasteiger partial charge in [0.15, 0.2) is 5.78 Å². The van der Waals surface area contributed by atoms with Crippen LogP contribution in [-0.2, 0) is 4.79 Å². The number of halogens is 1. The van der Waals surface area contributed by atoms with E-state index in [9.17, 15) is 4.79 Å². The predicted molar refractivity (Wildman–Crippen MR) is 61.8 cm³/mol. The Hall–Kier alpha value is -1.02. The van der Waals surface area contributed by atoms with Crippen molar-refractivity contribution < 1.29 is 9.53 Å². The molecule has 0 unspecified atom stereocenters. The van der Waals surface area contributed by atoms with Gasteiger partial charge in [0, 0.05) is 6.42 Å². The zero-order chi connectivity index (χ0) is 11.3. The lowest BCUT2D eigenvalue weighted by molar-refractivity contribution is -0.117. The first-order valence-electron chi connectivity index (χ1n) is 4.91. The summed E-state index contributed by atoms with van der Waals surface area (Å²) in [5.74, 6) is 0.917. The maximum absolute atomic E-state index is 10.9. The number of hydrogen-bond donors (Lipinski definition) is 0. The molecule has 0 aromatic heterocycles. The van der Waals surface area contributed by atoms with Gasteiger partial charge in [-0.1, -0.05) is 17.7 Å². The average Bonchev–Trinajstić information content (AvgIpc) is 2.21. The molecule has 2 nitrogen and oxygen atoms in total. The number of benzene rings is 1. The molecule has 0 bridgehead atoms. The Morgan fingerprint density at radius 2 is 2.13 bits per heavy atom. The highest BCUT2D eigenvalue weighted by atomic mass is 35.5. The van der Waals surface area contributed by atoms with Crippen LogP contribution in [0.4, 0.5) is 0 Å². The highest BCUT2D eigenvalue weighted by Gasteiger charge is 2.02. The van der Waals surface area contributed by atoms with Crippen molar-refractivity contribution in [3.8, 4) is 5.75 Å². The van der Waals surface area contributed by atoms with Crippen LogP contribution in [-0.4, -0.2) is 18.3 Å². The maximum Gasteiger partial charge on any atom is 0.150 e. The molecule has 0 aliphatic heterocycles. The summed E-state index contributed by atoms with van der Waals surface area (Å²) in [6.07, 6.45) is 0.372. The minimum atomic E-state index is 0.0152. The van der Waals surface area contributed by atoms with E-state index in [2.05, 4.69) is 6.07 Å². The molecule has 0 fully saturated rings. The molecule has 0 aliphatic carbocycles. The average molecular weight is 227 g/mol. The van der Waals surface area contributed by atoms with Gasteiger partial charge in [-0.2, -0.15) is 0 Å². The fraction of sp³-hybridized carbons (Fsp3) is 0.417. The minimum absolute atomic E-state index is 0.0152. The van der Waals surface area contributed by atoms with E-state index in [1.807, 2.05) is 26.0 Å². The molecular weight excluding hydrogens is 212 g/mol. The standard InChI is InChI=1S/C12H15ClO2/c1-9-3-4-12(10(2)7-9)15-6-5-11(14)8-13/h3-4,7H,5-6,8H2,1-2H3. The number of hydrogen-bond acceptors (Lipinski definition) is 2. The summed E-state index contributed by atoms with van der Waals surface area (Å²) < 4.78 is 5.48. The van der Waals surface area contributed by atoms with Crippen molar-refractivity contribution in [3.63, 3.8) is 0 Å². The molecule has 0 N–H and O–H groups in total. The van der Waals surface area contributed by atoms with Crippen molar-refractivity contribution in [2.45, 2.75) is 20.3 Å². The van der Waals surface area contributed by atoms with Gasteiger partial charge in [0.2, 0.25) is 0 Å². The van der Waals surface area contributed by atoms with E-state index in [1.165, 1.54) is 5.56 Å². The molecular formula is C12H15ClO2. The van der Waals surface area contributed by atoms with Crippen molar-refractivity contribution in [1.82, 2.24) is 0 Å². The number of carbonyl (C=O) groups is 1. The lowest BCUT2D eigenvalue weighted by Gasteiger charge is -2.08. The summed E-state index contributed by atoms with van der Waals surface area (Å²) in [5.41, 5.74) is 2.30. The van der Waals surface area contributed by atoms with Crippen LogP contribution in [0.1, 0.15) is 17.5 Å². The minimum Gasteiger partial charge on any atom is -0.493 e. The third kappa shape index (κ3) is 3.92. The van der Waals surface area contributed by atoms with Crippen LogP contribution in [0.15, 0.2) is 18.2 Å². The fourth-order valence-corrected chi connectivity index (χ4v) is 1.44. The van der Waals surface area contributed by atoms with Crippen LogP contribution < -0.4 is 4.74 Å². The number of carbonyl (C=O) groups excluding carboxylic acids is 1. The number of ether oxygens (including phenoxy) is 1. The van der Waals surface area contributed by atoms with Crippen molar-refractivity contribution in [2.24, 2.45) is 0 Å². The van der Waals surface area contributed by atoms with E-state index in [-0.39, 0.29) is 11.7 Å². The molecule has 0 aliphatic rings. The SMILES string of the molecule is Cc1ccc(OCCC(=O)CCl)c(C)c1. The van der Waals surface area contributed by atoms with E-state index in [4.69, 9.17) is 16.3 Å². The fourth-order valence-electron chi connectivity index (χ4n) is 1.30. The Labute approximate surface area is 95.2 Å². The van der Waals surface area contributed by atoms with Crippen LogP contribution in [0, 0.1) is 13.8 Å². The summed E-state index contributed by atoms with van der Waals surface area (Å²) >= 11 is 5.38. The molecule has 0 atom stereocenters. The molecule has 0 spiro atoms. The van der Waals surface area contributed by atoms with Crippen molar-refractivity contribution >= 4 is 17.4 Å². The summed E-state index contributed by atoms with van der Waals surface area (Å²) in [6.45, 7) is 4.43. The number of Topliss-reactive ketones (excluding diaryl/α,β-unsaturated/α-hetero) is 1. The Bertz CT molecular complexity index is 347. The zero-order valence-corrected chi connectivity index (χ0v) is 9.80. The number of rotatable bonds is 5. The third-order valence-electron chi connectivity index (χ3n) is 2.12. The Balaban J connectivity index is 2.47. The first kappa shape index (κ1) is 12.1. The zero-order valence-electron chi connectivity index (χ0n) is 9.05. The van der Waals surface area contributed by atoms with Gasteiger partial charge in [-0.25, -0.2) is 0 Å². The monoisotopic (exact) mass is 226 g/mol. The first-order valence-corrected chi connectivity index (χ1v) is 5.44. The highest BCUT2D eigenvalue weighted by molar-refractivity contribution is 6.27. The third-order valence-corrected chi connectivity index (χ3v) is 2.42. The summed E-state index contributed by atoms with van der Waals surface area (Å²) in [7, 11) is 0. The predicted octanol–water partition coefficient (Wildman–Crippen LogP) is 2.88. The van der Waals surface area contributed by atoms with Gasteiger partial charge >= 0.3 is 0 Å². The molecule has 82 valence electrons. The lowest BCUT2D eigenvalue weighted by atomic mass is 10.1. The second-order valence-electron chi connectivity index (χ2n) is 3.54. The Kier molecular flexibility index (Phi) is 4.63. The number of aryl methyl sites for hydroxylation is 2. The quantitative estimate of drug-likeness (QED) is 0.722. The van der Waals surface area contributed by atoms with E-state index >= 15 is 0 Å². The second-order valence-corrected chi connectivity index (χ2v) is 3.81. The van der Waals surface area contributed by atoms with Crippen molar-refractivity contribution in [1.29, 1.82) is 0 Å². The van der Waals surface area contributed by atoms with Crippen LogP contribution in [0.25, 0.3) is 0 Å². The van der Waals surface area contributed by atoms with Crippen LogP contribution in [0.2, 0.25) is 0 Å². The van der Waals surface area contributed by atoms with Crippen molar-refractivity contribution in [2.75, 3.05) is 12.5 Å². The van der Waals surface area contributed by atoms with E-state index in [1.54, 1.807) is 0 Å². The highest BCUT2D eigenvalue weighted by Crippen LogP contribution is 2.18.